The molecule has 0 amide bonds. The molecule has 0 atom stereocenters. The van der Waals surface area contributed by atoms with Gasteiger partial charge in [0, 0.05) is 0 Å². The molecule has 0 fully saturated rings. The fraction of sp³-hybridized carbons (Fsp3) is 0. The average molecular weight is 265 g/mol. The Morgan fingerprint density at radius 1 is 0.688 bits per heavy atom. The molecule has 4 heteroatoms. The van der Waals surface area contributed by atoms with Crippen LogP contribution in [0.1, 0.15) is 0 Å². The summed E-state index contributed by atoms with van der Waals surface area (Å²) in [5, 5.41) is 0. The Balaban J connectivity index is 1.95. The molecule has 0 saturated carbocycles. The van der Waals surface area contributed by atoms with Gasteiger partial charge in [0.05, 0.1) is 9.79 Å². The van der Waals surface area contributed by atoms with Gasteiger partial charge in [-0.2, -0.15) is 0 Å². The van der Waals surface area contributed by atoms with Crippen LogP contribution in [-0.2, 0) is 4.57 Å². The lowest BCUT2D eigenvalue weighted by Crippen LogP contribution is -1.65. The van der Waals surface area contributed by atoms with Crippen LogP contribution in [0.5, 0.6) is 0 Å². The van der Waals surface area contributed by atoms with Crippen LogP contribution < -0.4 is 0 Å². The van der Waals surface area contributed by atoms with Crippen molar-refractivity contribution >= 4 is 29.0 Å². The second kappa shape index (κ2) is 6.09. The van der Waals surface area contributed by atoms with E-state index in [9.17, 15) is 4.57 Å². The third kappa shape index (κ3) is 3.67. The predicted molar refractivity (Wildman–Crippen MR) is 72.2 cm³/mol. The first kappa shape index (κ1) is 11.7. The smallest absolute Gasteiger partial charge is 0.0622 e. The highest BCUT2D eigenvalue weighted by atomic mass is 33.1. The summed E-state index contributed by atoms with van der Waals surface area (Å²) in [6.07, 6.45) is -1.35. The van der Waals surface area contributed by atoms with Gasteiger partial charge in [-0.3, -0.25) is 0 Å². The molecular weight excluding hydrogens is 255 g/mol. The Kier molecular flexibility index (Phi) is 4.46. The van der Waals surface area contributed by atoms with Crippen molar-refractivity contribution in [3.63, 3.8) is 0 Å². The van der Waals surface area contributed by atoms with E-state index in [4.69, 9.17) is 0 Å². The molecule has 2 aromatic rings. The van der Waals surface area contributed by atoms with E-state index >= 15 is 0 Å². The maximum Gasteiger partial charge on any atom is 0.494 e. The van der Waals surface area contributed by atoms with Gasteiger partial charge >= 0.3 is 6.20 Å². The normalized spacial score (nSPS) is 10.0. The Morgan fingerprint density at radius 2 is 1.06 bits per heavy atom. The summed E-state index contributed by atoms with van der Waals surface area (Å²) in [7, 11) is 0. The van der Waals surface area contributed by atoms with E-state index in [0.29, 0.717) is 0 Å². The van der Waals surface area contributed by atoms with Crippen LogP contribution in [0.25, 0.3) is 0 Å². The van der Waals surface area contributed by atoms with Gasteiger partial charge < -0.3 is 0 Å². The minimum atomic E-state index is -1.35. The van der Waals surface area contributed by atoms with Gasteiger partial charge in [-0.05, 0) is 28.8 Å². The topological polar surface area (TPSA) is 17.1 Å². The monoisotopic (exact) mass is 265 g/mol. The second-order valence-corrected chi connectivity index (χ2v) is 8.57. The van der Waals surface area contributed by atoms with Crippen LogP contribution in [0.4, 0.5) is 0 Å². The molecule has 1 nitrogen and oxygen atoms in total. The maximum atomic E-state index is 11.9. The van der Waals surface area contributed by atoms with Gasteiger partial charge in [-0.15, -0.1) is 0 Å². The zero-order valence-corrected chi connectivity index (χ0v) is 11.0. The van der Waals surface area contributed by atoms with Crippen molar-refractivity contribution in [3.8, 4) is 0 Å². The van der Waals surface area contributed by atoms with Crippen LogP contribution in [0.3, 0.4) is 0 Å². The molecule has 0 bridgehead atoms. The largest absolute Gasteiger partial charge is 0.494 e. The summed E-state index contributed by atoms with van der Waals surface area (Å²) < 4.78 is 11.9. The molecule has 0 heterocycles. The van der Waals surface area contributed by atoms with Crippen LogP contribution in [0.2, 0.25) is 0 Å². The molecule has 0 spiro atoms. The fourth-order valence-corrected chi connectivity index (χ4v) is 5.85. The zero-order chi connectivity index (χ0) is 11.2. The third-order valence-electron chi connectivity index (χ3n) is 1.85. The summed E-state index contributed by atoms with van der Waals surface area (Å²) >= 11 is 2.82. The molecule has 2 rings (SSSR count). The number of hydrogen-bond donors (Lipinski definition) is 0. The lowest BCUT2D eigenvalue weighted by Gasteiger charge is -1.89. The first-order chi connectivity index (χ1) is 7.84. The van der Waals surface area contributed by atoms with E-state index in [0.717, 1.165) is 9.79 Å². The minimum absolute atomic E-state index is 1.05. The SMILES string of the molecule is O=[P+](Sc1ccccc1)Sc1ccccc1. The van der Waals surface area contributed by atoms with Crippen LogP contribution in [-0.4, -0.2) is 0 Å². The molecule has 0 radical (unpaired) electrons. The first-order valence-electron chi connectivity index (χ1n) is 4.78. The second-order valence-electron chi connectivity index (χ2n) is 3.03. The molecule has 0 unspecified atom stereocenters. The van der Waals surface area contributed by atoms with Crippen molar-refractivity contribution in [2.24, 2.45) is 0 Å². The molecule has 0 aliphatic rings. The number of rotatable bonds is 4. The maximum absolute atomic E-state index is 11.9. The van der Waals surface area contributed by atoms with Crippen LogP contribution in [0, 0.1) is 0 Å². The van der Waals surface area contributed by atoms with Crippen LogP contribution in [0.15, 0.2) is 70.5 Å². The van der Waals surface area contributed by atoms with E-state index in [-0.39, 0.29) is 0 Å². The summed E-state index contributed by atoms with van der Waals surface area (Å²) in [4.78, 5) is 2.10. The summed E-state index contributed by atoms with van der Waals surface area (Å²) in [6.45, 7) is 0. The highest BCUT2D eigenvalue weighted by molar-refractivity contribution is 8.84. The van der Waals surface area contributed by atoms with Gasteiger partial charge in [-0.25, -0.2) is 0 Å². The molecule has 0 N–H and O–H groups in total. The van der Waals surface area contributed by atoms with Crippen molar-refractivity contribution in [1.29, 1.82) is 0 Å². The summed E-state index contributed by atoms with van der Waals surface area (Å²) in [6, 6.07) is 19.7. The Labute approximate surface area is 104 Å². The lowest BCUT2D eigenvalue weighted by atomic mass is 10.4. The molecule has 0 saturated heterocycles. The molecule has 80 valence electrons. The predicted octanol–water partition coefficient (Wildman–Crippen LogP) is 5.23. The Morgan fingerprint density at radius 3 is 1.44 bits per heavy atom. The number of hydrogen-bond acceptors (Lipinski definition) is 3. The molecule has 2 aromatic carbocycles. The third-order valence-corrected chi connectivity index (χ3v) is 6.61. The number of benzene rings is 2. The van der Waals surface area contributed by atoms with Gasteiger partial charge in [0.1, 0.15) is 0 Å². The average Bonchev–Trinajstić information content (AvgIpc) is 2.31. The first-order valence-corrected chi connectivity index (χ1v) is 8.88. The quantitative estimate of drug-likeness (QED) is 0.705. The van der Waals surface area contributed by atoms with Gasteiger partial charge in [-0.1, -0.05) is 36.4 Å². The highest BCUT2D eigenvalue weighted by Gasteiger charge is 2.22. The van der Waals surface area contributed by atoms with Crippen molar-refractivity contribution in [2.45, 2.75) is 9.79 Å². The van der Waals surface area contributed by atoms with Crippen molar-refractivity contribution < 1.29 is 4.57 Å². The fourth-order valence-electron chi connectivity index (χ4n) is 1.15. The van der Waals surface area contributed by atoms with Gasteiger partial charge in [0.15, 0.2) is 22.8 Å². The van der Waals surface area contributed by atoms with E-state index in [1.54, 1.807) is 0 Å². The van der Waals surface area contributed by atoms with Crippen LogP contribution >= 0.6 is 29.0 Å². The standard InChI is InChI=1S/C12H10OPS2/c13-14(15-11-7-3-1-4-8-11)16-12-9-5-2-6-10-12/h1-10H/q+1. The van der Waals surface area contributed by atoms with Crippen molar-refractivity contribution in [2.75, 3.05) is 0 Å². The molecule has 16 heavy (non-hydrogen) atoms. The zero-order valence-electron chi connectivity index (χ0n) is 8.45. The summed E-state index contributed by atoms with van der Waals surface area (Å²) in [5.74, 6) is 0. The summed E-state index contributed by atoms with van der Waals surface area (Å²) in [5.41, 5.74) is 0. The van der Waals surface area contributed by atoms with E-state index in [1.807, 2.05) is 60.7 Å². The van der Waals surface area contributed by atoms with Gasteiger partial charge in [0.2, 0.25) is 0 Å². The van der Waals surface area contributed by atoms with E-state index < -0.39 is 6.20 Å². The van der Waals surface area contributed by atoms with Crippen molar-refractivity contribution in [1.82, 2.24) is 0 Å². The van der Waals surface area contributed by atoms with E-state index in [1.165, 1.54) is 22.8 Å². The minimum Gasteiger partial charge on any atom is -0.0622 e. The Bertz CT molecular complexity index is 415. The molecule has 0 aliphatic heterocycles. The Hall–Kier alpha value is -0.760. The van der Waals surface area contributed by atoms with E-state index in [2.05, 4.69) is 0 Å². The van der Waals surface area contributed by atoms with Gasteiger partial charge in [0.25, 0.3) is 0 Å². The van der Waals surface area contributed by atoms with Crippen molar-refractivity contribution in [3.05, 3.63) is 60.7 Å². The highest BCUT2D eigenvalue weighted by Crippen LogP contribution is 2.56. The molecule has 0 aromatic heterocycles. The molecular formula is C12H10OPS2+. The molecule has 0 aliphatic carbocycles. The lowest BCUT2D eigenvalue weighted by molar-refractivity contribution is 0.603.